The Kier molecular flexibility index (Phi) is 5.83. The van der Waals surface area contributed by atoms with Gasteiger partial charge in [0.2, 0.25) is 0 Å². The van der Waals surface area contributed by atoms with E-state index >= 15 is 0 Å². The molecule has 0 heterocycles. The van der Waals surface area contributed by atoms with Crippen LogP contribution in [0.2, 0.25) is 0 Å². The Labute approximate surface area is 167 Å². The molecule has 3 rings (SSSR count). The molecule has 8 heteroatoms. The summed E-state index contributed by atoms with van der Waals surface area (Å²) < 4.78 is 71.9. The normalized spacial score (nSPS) is 11.9. The van der Waals surface area contributed by atoms with Crippen molar-refractivity contribution in [2.75, 3.05) is 11.4 Å². The Morgan fingerprint density at radius 2 is 1.55 bits per heavy atom. The van der Waals surface area contributed by atoms with Crippen LogP contribution in [0, 0.1) is 0 Å². The molecule has 152 valence electrons. The lowest BCUT2D eigenvalue weighted by molar-refractivity contribution is -0.137. The molecule has 0 aromatic heterocycles. The van der Waals surface area contributed by atoms with Crippen LogP contribution >= 0.6 is 0 Å². The average Bonchev–Trinajstić information content (AvgIpc) is 2.72. The smallest absolute Gasteiger partial charge is 0.416 e. The molecule has 0 spiro atoms. The number of para-hydroxylation sites is 1. The minimum absolute atomic E-state index is 0.00845. The average molecular weight is 421 g/mol. The number of rotatable bonds is 6. The summed E-state index contributed by atoms with van der Waals surface area (Å²) in [5.74, 6) is 0.494. The highest BCUT2D eigenvalue weighted by atomic mass is 32.2. The first kappa shape index (κ1) is 20.7. The molecule has 3 aromatic carbocycles. The van der Waals surface area contributed by atoms with Crippen LogP contribution in [0.1, 0.15) is 11.1 Å². The van der Waals surface area contributed by atoms with Gasteiger partial charge in [0, 0.05) is 0 Å². The van der Waals surface area contributed by atoms with E-state index in [2.05, 4.69) is 0 Å². The summed E-state index contributed by atoms with van der Waals surface area (Å²) >= 11 is 0. The van der Waals surface area contributed by atoms with Crippen LogP contribution in [0.15, 0.2) is 83.8 Å². The SMILES string of the molecule is COc1ccc(S(=O)(=O)N(Cc2cccc(C(F)(F)F)c2)c2ccccc2)cc1. The second kappa shape index (κ2) is 8.16. The molecule has 0 N–H and O–H groups in total. The molecule has 0 aliphatic heterocycles. The van der Waals surface area contributed by atoms with E-state index < -0.39 is 21.8 Å². The Morgan fingerprint density at radius 3 is 2.14 bits per heavy atom. The van der Waals surface area contributed by atoms with Crippen LogP contribution in [-0.4, -0.2) is 15.5 Å². The number of methoxy groups -OCH3 is 1. The molecule has 3 aromatic rings. The first-order valence-corrected chi connectivity index (χ1v) is 10.0. The van der Waals surface area contributed by atoms with Crippen molar-refractivity contribution in [1.29, 1.82) is 0 Å². The monoisotopic (exact) mass is 421 g/mol. The van der Waals surface area contributed by atoms with E-state index in [0.717, 1.165) is 16.4 Å². The minimum Gasteiger partial charge on any atom is -0.497 e. The summed E-state index contributed by atoms with van der Waals surface area (Å²) in [5.41, 5.74) is -0.258. The molecule has 0 aliphatic carbocycles. The summed E-state index contributed by atoms with van der Waals surface area (Å²) in [6.45, 7) is -0.248. The Hall–Kier alpha value is -3.00. The Morgan fingerprint density at radius 1 is 0.897 bits per heavy atom. The van der Waals surface area contributed by atoms with Gasteiger partial charge in [0.15, 0.2) is 0 Å². The summed E-state index contributed by atoms with van der Waals surface area (Å²) in [4.78, 5) is 0.00845. The Balaban J connectivity index is 2.04. The number of halogens is 3. The van der Waals surface area contributed by atoms with E-state index in [4.69, 9.17) is 4.74 Å². The van der Waals surface area contributed by atoms with Gasteiger partial charge in [0.25, 0.3) is 10.0 Å². The summed E-state index contributed by atoms with van der Waals surface area (Å²) in [7, 11) is -2.56. The third kappa shape index (κ3) is 4.71. The lowest BCUT2D eigenvalue weighted by Gasteiger charge is -2.25. The largest absolute Gasteiger partial charge is 0.497 e. The second-order valence-corrected chi connectivity index (χ2v) is 8.08. The molecule has 0 radical (unpaired) electrons. The van der Waals surface area contributed by atoms with Crippen molar-refractivity contribution in [3.05, 3.63) is 90.0 Å². The number of benzene rings is 3. The van der Waals surface area contributed by atoms with Gasteiger partial charge in [-0.25, -0.2) is 8.42 Å². The van der Waals surface area contributed by atoms with E-state index in [-0.39, 0.29) is 17.0 Å². The van der Waals surface area contributed by atoms with Crippen molar-refractivity contribution in [3.63, 3.8) is 0 Å². The highest BCUT2D eigenvalue weighted by Gasteiger charge is 2.31. The third-order valence-electron chi connectivity index (χ3n) is 4.27. The lowest BCUT2D eigenvalue weighted by atomic mass is 10.1. The van der Waals surface area contributed by atoms with Crippen LogP contribution in [0.5, 0.6) is 5.75 Å². The zero-order chi connectivity index (χ0) is 21.1. The quantitative estimate of drug-likeness (QED) is 0.556. The number of ether oxygens (including phenoxy) is 1. The fourth-order valence-corrected chi connectivity index (χ4v) is 4.25. The fraction of sp³-hybridized carbons (Fsp3) is 0.143. The van der Waals surface area contributed by atoms with Crippen molar-refractivity contribution in [3.8, 4) is 5.75 Å². The molecule has 0 fully saturated rings. The van der Waals surface area contributed by atoms with Gasteiger partial charge >= 0.3 is 6.18 Å². The molecule has 0 bridgehead atoms. The van der Waals surface area contributed by atoms with E-state index in [9.17, 15) is 21.6 Å². The van der Waals surface area contributed by atoms with Crippen molar-refractivity contribution in [1.82, 2.24) is 0 Å². The number of anilines is 1. The summed E-state index contributed by atoms with van der Waals surface area (Å²) in [5, 5.41) is 0. The number of sulfonamides is 1. The van der Waals surface area contributed by atoms with Gasteiger partial charge in [-0.15, -0.1) is 0 Å². The van der Waals surface area contributed by atoms with Gasteiger partial charge in [-0.05, 0) is 54.1 Å². The van der Waals surface area contributed by atoms with E-state index in [1.54, 1.807) is 30.3 Å². The summed E-state index contributed by atoms with van der Waals surface area (Å²) in [6.07, 6.45) is -4.51. The van der Waals surface area contributed by atoms with Gasteiger partial charge < -0.3 is 4.74 Å². The highest BCUT2D eigenvalue weighted by molar-refractivity contribution is 7.92. The van der Waals surface area contributed by atoms with E-state index in [1.807, 2.05) is 0 Å². The Bertz CT molecular complexity index is 1070. The molecule has 29 heavy (non-hydrogen) atoms. The maximum Gasteiger partial charge on any atom is 0.416 e. The lowest BCUT2D eigenvalue weighted by Crippen LogP contribution is -2.30. The molecular weight excluding hydrogens is 403 g/mol. The number of hydrogen-bond acceptors (Lipinski definition) is 3. The van der Waals surface area contributed by atoms with Crippen LogP contribution in [-0.2, 0) is 22.7 Å². The van der Waals surface area contributed by atoms with Crippen LogP contribution in [0.25, 0.3) is 0 Å². The summed E-state index contributed by atoms with van der Waals surface area (Å²) in [6, 6.07) is 18.7. The highest BCUT2D eigenvalue weighted by Crippen LogP contribution is 2.31. The number of nitrogens with zero attached hydrogens (tertiary/aromatic N) is 1. The number of hydrogen-bond donors (Lipinski definition) is 0. The van der Waals surface area contributed by atoms with E-state index in [1.165, 1.54) is 43.5 Å². The third-order valence-corrected chi connectivity index (χ3v) is 6.06. The topological polar surface area (TPSA) is 46.6 Å². The molecule has 0 saturated heterocycles. The predicted molar refractivity (Wildman–Crippen MR) is 104 cm³/mol. The molecular formula is C21H18F3NO3S. The first-order valence-electron chi connectivity index (χ1n) is 8.60. The maximum absolute atomic E-state index is 13.3. The van der Waals surface area contributed by atoms with Crippen molar-refractivity contribution in [2.45, 2.75) is 17.6 Å². The second-order valence-electron chi connectivity index (χ2n) is 6.22. The maximum atomic E-state index is 13.3. The first-order chi connectivity index (χ1) is 13.7. The van der Waals surface area contributed by atoms with Gasteiger partial charge in [-0.3, -0.25) is 4.31 Å². The van der Waals surface area contributed by atoms with Gasteiger partial charge in [0.05, 0.1) is 29.8 Å². The van der Waals surface area contributed by atoms with Gasteiger partial charge in [0.1, 0.15) is 5.75 Å². The van der Waals surface area contributed by atoms with Crippen molar-refractivity contribution < 1.29 is 26.3 Å². The molecule has 0 amide bonds. The van der Waals surface area contributed by atoms with Gasteiger partial charge in [-0.1, -0.05) is 30.3 Å². The molecule has 0 unspecified atom stereocenters. The predicted octanol–water partition coefficient (Wildman–Crippen LogP) is 5.11. The van der Waals surface area contributed by atoms with Crippen molar-refractivity contribution in [2.24, 2.45) is 0 Å². The minimum atomic E-state index is -4.51. The zero-order valence-corrected chi connectivity index (χ0v) is 16.2. The molecule has 0 aliphatic rings. The molecule has 0 atom stereocenters. The number of alkyl halides is 3. The fourth-order valence-electron chi connectivity index (χ4n) is 2.80. The van der Waals surface area contributed by atoms with Crippen molar-refractivity contribution >= 4 is 15.7 Å². The van der Waals surface area contributed by atoms with Gasteiger partial charge in [-0.2, -0.15) is 13.2 Å². The standard InChI is InChI=1S/C21H18F3NO3S/c1-28-19-10-12-20(13-11-19)29(26,27)25(18-8-3-2-4-9-18)15-16-6-5-7-17(14-16)21(22,23)24/h2-14H,15H2,1H3. The van der Waals surface area contributed by atoms with Crippen LogP contribution in [0.4, 0.5) is 18.9 Å². The molecule has 0 saturated carbocycles. The zero-order valence-electron chi connectivity index (χ0n) is 15.4. The van der Waals surface area contributed by atoms with E-state index in [0.29, 0.717) is 11.4 Å². The molecule has 4 nitrogen and oxygen atoms in total. The van der Waals surface area contributed by atoms with Crippen LogP contribution in [0.3, 0.4) is 0 Å². The van der Waals surface area contributed by atoms with Crippen LogP contribution < -0.4 is 9.04 Å².